The van der Waals surface area contributed by atoms with Crippen LogP contribution in [0.1, 0.15) is 43.9 Å². The highest BCUT2D eigenvalue weighted by molar-refractivity contribution is 6.46. The maximum atomic E-state index is 13.3. The smallest absolute Gasteiger partial charge is 0.295 e. The first kappa shape index (κ1) is 20.6. The van der Waals surface area contributed by atoms with Gasteiger partial charge in [-0.25, -0.2) is 4.39 Å². The lowest BCUT2D eigenvalue weighted by Gasteiger charge is -2.25. The van der Waals surface area contributed by atoms with Gasteiger partial charge in [0, 0.05) is 12.1 Å². The highest BCUT2D eigenvalue weighted by Crippen LogP contribution is 2.39. The van der Waals surface area contributed by atoms with Crippen molar-refractivity contribution in [3.8, 4) is 5.75 Å². The minimum absolute atomic E-state index is 0.0114. The molecular formula is C23H24FNO4. The summed E-state index contributed by atoms with van der Waals surface area (Å²) >= 11 is 0. The number of benzene rings is 2. The molecule has 152 valence electrons. The van der Waals surface area contributed by atoms with E-state index in [0.29, 0.717) is 30.9 Å². The van der Waals surface area contributed by atoms with Crippen molar-refractivity contribution in [2.24, 2.45) is 0 Å². The van der Waals surface area contributed by atoms with Crippen molar-refractivity contribution in [3.05, 3.63) is 71.0 Å². The molecular weight excluding hydrogens is 373 g/mol. The zero-order valence-corrected chi connectivity index (χ0v) is 16.5. The van der Waals surface area contributed by atoms with E-state index in [1.807, 2.05) is 13.8 Å². The maximum Gasteiger partial charge on any atom is 0.295 e. The van der Waals surface area contributed by atoms with Crippen molar-refractivity contribution in [3.63, 3.8) is 0 Å². The first-order chi connectivity index (χ1) is 14.0. The van der Waals surface area contributed by atoms with E-state index < -0.39 is 23.5 Å². The van der Waals surface area contributed by atoms with Crippen molar-refractivity contribution in [1.82, 2.24) is 4.90 Å². The molecule has 0 radical (unpaired) electrons. The SMILES string of the molecule is CCCOc1ccc(C2/C(=C(/O)c3ccc(F)cc3)C(=O)C(=O)N2CCC)cc1. The normalized spacial score (nSPS) is 18.3. The predicted octanol–water partition coefficient (Wildman–Crippen LogP) is 4.45. The third-order valence-electron chi connectivity index (χ3n) is 4.79. The number of ether oxygens (including phenoxy) is 1. The molecule has 1 heterocycles. The third-order valence-corrected chi connectivity index (χ3v) is 4.79. The summed E-state index contributed by atoms with van der Waals surface area (Å²) in [5, 5.41) is 10.8. The Kier molecular flexibility index (Phi) is 6.32. The van der Waals surface area contributed by atoms with Crippen LogP contribution >= 0.6 is 0 Å². The molecule has 1 aliphatic heterocycles. The van der Waals surface area contributed by atoms with Crippen molar-refractivity contribution in [2.45, 2.75) is 32.7 Å². The Balaban J connectivity index is 2.07. The van der Waals surface area contributed by atoms with Crippen molar-refractivity contribution >= 4 is 17.4 Å². The van der Waals surface area contributed by atoms with Crippen LogP contribution in [-0.2, 0) is 9.59 Å². The van der Waals surface area contributed by atoms with Gasteiger partial charge in [-0.3, -0.25) is 9.59 Å². The van der Waals surface area contributed by atoms with Crippen LogP contribution in [0, 0.1) is 5.82 Å². The van der Waals surface area contributed by atoms with Gasteiger partial charge >= 0.3 is 0 Å². The van der Waals surface area contributed by atoms with E-state index in [4.69, 9.17) is 4.74 Å². The van der Waals surface area contributed by atoms with Crippen LogP contribution in [0.5, 0.6) is 5.75 Å². The van der Waals surface area contributed by atoms with E-state index in [2.05, 4.69) is 0 Å². The second kappa shape index (κ2) is 8.90. The highest BCUT2D eigenvalue weighted by atomic mass is 19.1. The fourth-order valence-electron chi connectivity index (χ4n) is 3.43. The van der Waals surface area contributed by atoms with Gasteiger partial charge in [-0.05, 0) is 54.8 Å². The van der Waals surface area contributed by atoms with E-state index >= 15 is 0 Å². The molecule has 2 aromatic rings. The average molecular weight is 397 g/mol. The lowest BCUT2D eigenvalue weighted by molar-refractivity contribution is -0.139. The zero-order valence-electron chi connectivity index (χ0n) is 16.5. The Morgan fingerprint density at radius 3 is 2.28 bits per heavy atom. The quantitative estimate of drug-likeness (QED) is 0.426. The van der Waals surface area contributed by atoms with Crippen LogP contribution in [0.25, 0.3) is 5.76 Å². The van der Waals surface area contributed by atoms with Gasteiger partial charge in [-0.1, -0.05) is 26.0 Å². The Morgan fingerprint density at radius 1 is 1.03 bits per heavy atom. The minimum Gasteiger partial charge on any atom is -0.507 e. The first-order valence-corrected chi connectivity index (χ1v) is 9.75. The largest absolute Gasteiger partial charge is 0.507 e. The number of carbonyl (C=O) groups is 2. The summed E-state index contributed by atoms with van der Waals surface area (Å²) in [4.78, 5) is 26.9. The molecule has 0 bridgehead atoms. The summed E-state index contributed by atoms with van der Waals surface area (Å²) in [5.41, 5.74) is 0.997. The molecule has 5 nitrogen and oxygen atoms in total. The number of aliphatic hydroxyl groups is 1. The van der Waals surface area contributed by atoms with E-state index in [1.54, 1.807) is 24.3 Å². The minimum atomic E-state index is -0.739. The standard InChI is InChI=1S/C23H24FNO4/c1-3-13-25-20(15-7-11-18(12-8-15)29-14-4-2)19(22(27)23(25)28)21(26)16-5-9-17(24)10-6-16/h5-12,20,26H,3-4,13-14H2,1-2H3/b21-19-. The summed E-state index contributed by atoms with van der Waals surface area (Å²) in [7, 11) is 0. The van der Waals surface area contributed by atoms with Gasteiger partial charge in [0.25, 0.3) is 11.7 Å². The number of halogens is 1. The summed E-state index contributed by atoms with van der Waals surface area (Å²) < 4.78 is 18.9. The Hall–Kier alpha value is -3.15. The van der Waals surface area contributed by atoms with Gasteiger partial charge in [-0.15, -0.1) is 0 Å². The van der Waals surface area contributed by atoms with E-state index in [-0.39, 0.29) is 16.9 Å². The Morgan fingerprint density at radius 2 is 1.69 bits per heavy atom. The van der Waals surface area contributed by atoms with Crippen molar-refractivity contribution < 1.29 is 23.8 Å². The van der Waals surface area contributed by atoms with Gasteiger partial charge in [0.05, 0.1) is 18.2 Å². The van der Waals surface area contributed by atoms with Gasteiger partial charge < -0.3 is 14.7 Å². The first-order valence-electron chi connectivity index (χ1n) is 9.75. The summed E-state index contributed by atoms with van der Waals surface area (Å²) in [5.74, 6) is -1.45. The van der Waals surface area contributed by atoms with Crippen LogP contribution in [-0.4, -0.2) is 34.8 Å². The van der Waals surface area contributed by atoms with Crippen LogP contribution < -0.4 is 4.74 Å². The second-order valence-corrected chi connectivity index (χ2v) is 6.92. The number of rotatable bonds is 7. The van der Waals surface area contributed by atoms with Crippen LogP contribution in [0.15, 0.2) is 54.1 Å². The molecule has 2 aromatic carbocycles. The molecule has 1 amide bonds. The predicted molar refractivity (Wildman–Crippen MR) is 108 cm³/mol. The second-order valence-electron chi connectivity index (χ2n) is 6.92. The molecule has 0 aliphatic carbocycles. The number of amides is 1. The number of carbonyl (C=O) groups excluding carboxylic acids is 2. The molecule has 1 unspecified atom stereocenters. The van der Waals surface area contributed by atoms with Gasteiger partial charge in [-0.2, -0.15) is 0 Å². The molecule has 1 fully saturated rings. The number of Topliss-reactive ketones (excluding diaryl/α,β-unsaturated/α-hetero) is 1. The summed E-state index contributed by atoms with van der Waals surface area (Å²) in [6.07, 6.45) is 1.55. The maximum absolute atomic E-state index is 13.3. The van der Waals surface area contributed by atoms with Crippen LogP contribution in [0.2, 0.25) is 0 Å². The lowest BCUT2D eigenvalue weighted by atomic mass is 9.95. The number of hydrogen-bond donors (Lipinski definition) is 1. The fraction of sp³-hybridized carbons (Fsp3) is 0.304. The van der Waals surface area contributed by atoms with Crippen molar-refractivity contribution in [2.75, 3.05) is 13.2 Å². The molecule has 1 saturated heterocycles. The zero-order chi connectivity index (χ0) is 21.0. The van der Waals surface area contributed by atoms with Gasteiger partial charge in [0.2, 0.25) is 0 Å². The van der Waals surface area contributed by atoms with E-state index in [9.17, 15) is 19.1 Å². The summed E-state index contributed by atoms with van der Waals surface area (Å²) in [6.45, 7) is 4.90. The molecule has 0 spiro atoms. The van der Waals surface area contributed by atoms with E-state index in [1.165, 1.54) is 29.2 Å². The Bertz CT molecular complexity index is 919. The molecule has 1 aliphatic rings. The summed E-state index contributed by atoms with van der Waals surface area (Å²) in [6, 6.07) is 11.6. The highest BCUT2D eigenvalue weighted by Gasteiger charge is 2.45. The molecule has 1 atom stereocenters. The lowest BCUT2D eigenvalue weighted by Crippen LogP contribution is -2.30. The molecule has 6 heteroatoms. The number of nitrogens with zero attached hydrogens (tertiary/aromatic N) is 1. The van der Waals surface area contributed by atoms with E-state index in [0.717, 1.165) is 6.42 Å². The van der Waals surface area contributed by atoms with Crippen LogP contribution in [0.4, 0.5) is 4.39 Å². The number of likely N-dealkylation sites (tertiary alicyclic amines) is 1. The monoisotopic (exact) mass is 397 g/mol. The van der Waals surface area contributed by atoms with Crippen molar-refractivity contribution in [1.29, 1.82) is 0 Å². The molecule has 0 saturated carbocycles. The third kappa shape index (κ3) is 4.16. The number of aliphatic hydroxyl groups excluding tert-OH is 1. The fourth-order valence-corrected chi connectivity index (χ4v) is 3.43. The van der Waals surface area contributed by atoms with Gasteiger partial charge in [0.1, 0.15) is 17.3 Å². The molecule has 3 rings (SSSR count). The number of ketones is 1. The topological polar surface area (TPSA) is 66.8 Å². The van der Waals surface area contributed by atoms with Crippen LogP contribution in [0.3, 0.4) is 0 Å². The number of hydrogen-bond acceptors (Lipinski definition) is 4. The molecule has 0 aromatic heterocycles. The average Bonchev–Trinajstić information content (AvgIpc) is 2.98. The molecule has 29 heavy (non-hydrogen) atoms. The van der Waals surface area contributed by atoms with Gasteiger partial charge in [0.15, 0.2) is 0 Å². The Labute approximate surface area is 169 Å². The molecule has 1 N–H and O–H groups in total.